The van der Waals surface area contributed by atoms with Crippen molar-refractivity contribution in [2.45, 2.75) is 6.18 Å². The summed E-state index contributed by atoms with van der Waals surface area (Å²) in [6.45, 7) is -0.0469. The van der Waals surface area contributed by atoms with Crippen molar-refractivity contribution in [2.75, 3.05) is 28.3 Å². The molecule has 1 heterocycles. The van der Waals surface area contributed by atoms with Gasteiger partial charge < -0.3 is 10.4 Å². The summed E-state index contributed by atoms with van der Waals surface area (Å²) in [5.74, 6) is -7.33. The number of fused-ring (bicyclic) bond motifs is 1. The Labute approximate surface area is 294 Å². The molecule has 6 rings (SSSR count). The minimum atomic E-state index is -4.92. The van der Waals surface area contributed by atoms with Crippen LogP contribution in [0.15, 0.2) is 103 Å². The molecule has 0 spiro atoms. The third-order valence-corrected chi connectivity index (χ3v) is 7.81. The molecule has 6 aromatic rings. The molecule has 0 aliphatic carbocycles. The van der Waals surface area contributed by atoms with Gasteiger partial charge in [-0.15, -0.1) is 0 Å². The van der Waals surface area contributed by atoms with Gasteiger partial charge in [0.2, 0.25) is 0 Å². The molecule has 0 unspecified atom stereocenters. The number of rotatable bonds is 9. The second-order valence-electron chi connectivity index (χ2n) is 11.3. The van der Waals surface area contributed by atoms with Gasteiger partial charge in [-0.3, -0.25) is 19.6 Å². The first-order chi connectivity index (χ1) is 25.2. The van der Waals surface area contributed by atoms with Crippen LogP contribution >= 0.6 is 0 Å². The van der Waals surface area contributed by atoms with Crippen molar-refractivity contribution in [1.29, 1.82) is 0 Å². The molecule has 0 radical (unpaired) electrons. The minimum Gasteiger partial charge on any atom is -0.395 e. The minimum absolute atomic E-state index is 0.0932. The maximum Gasteiger partial charge on any atom is 0.416 e. The fourth-order valence-electron chi connectivity index (χ4n) is 5.31. The quantitative estimate of drug-likeness (QED) is 0.114. The van der Waals surface area contributed by atoms with E-state index in [9.17, 15) is 40.3 Å². The SMILES string of the molecule is O=C(c1ccc2ncc(NCCO)nc2c1)c1cc(N(C(=O)N(c2ccc(F)c(F)c2)c2ccc(F)c(F)c2)c2cccc(C(F)(F)F)c2)ccc1F. The summed E-state index contributed by atoms with van der Waals surface area (Å²) in [5.41, 5.74) is -3.17. The average molecular weight is 738 g/mol. The number of amides is 2. The molecule has 0 aliphatic heterocycles. The lowest BCUT2D eigenvalue weighted by molar-refractivity contribution is -0.137. The lowest BCUT2D eigenvalue weighted by atomic mass is 10.0. The molecule has 8 nitrogen and oxygen atoms in total. The predicted octanol–water partition coefficient (Wildman–Crippen LogP) is 9.08. The van der Waals surface area contributed by atoms with Crippen molar-refractivity contribution in [1.82, 2.24) is 9.97 Å². The molecular weight excluding hydrogens is 714 g/mol. The number of nitrogens with zero attached hydrogens (tertiary/aromatic N) is 4. The molecule has 1 aromatic heterocycles. The predicted molar refractivity (Wildman–Crippen MR) is 179 cm³/mol. The molecule has 0 fully saturated rings. The summed E-state index contributed by atoms with van der Waals surface area (Å²) in [6, 6.07) is 12.9. The molecule has 0 saturated heterocycles. The average Bonchev–Trinajstić information content (AvgIpc) is 3.13. The molecule has 53 heavy (non-hydrogen) atoms. The fraction of sp³-hybridized carbons (Fsp3) is 0.0811. The lowest BCUT2D eigenvalue weighted by Crippen LogP contribution is -2.38. The summed E-state index contributed by atoms with van der Waals surface area (Å²) >= 11 is 0. The highest BCUT2D eigenvalue weighted by atomic mass is 19.4. The second-order valence-corrected chi connectivity index (χ2v) is 11.3. The molecule has 0 atom stereocenters. The number of ketones is 1. The topological polar surface area (TPSA) is 98.7 Å². The molecule has 5 aromatic carbocycles. The Morgan fingerprint density at radius 3 is 1.83 bits per heavy atom. The van der Waals surface area contributed by atoms with Crippen molar-refractivity contribution >= 4 is 51.4 Å². The number of hydrogen-bond acceptors (Lipinski definition) is 6. The van der Waals surface area contributed by atoms with Crippen LogP contribution in [0.25, 0.3) is 11.0 Å². The van der Waals surface area contributed by atoms with Gasteiger partial charge in [0.1, 0.15) is 11.6 Å². The van der Waals surface area contributed by atoms with Gasteiger partial charge in [-0.25, -0.2) is 31.7 Å². The highest BCUT2D eigenvalue weighted by Crippen LogP contribution is 2.38. The van der Waals surface area contributed by atoms with Gasteiger partial charge >= 0.3 is 12.2 Å². The second kappa shape index (κ2) is 14.7. The maximum atomic E-state index is 15.5. The van der Waals surface area contributed by atoms with E-state index in [1.165, 1.54) is 24.4 Å². The number of alkyl halides is 3. The van der Waals surface area contributed by atoms with Crippen LogP contribution in [0.4, 0.5) is 68.5 Å². The first-order valence-electron chi connectivity index (χ1n) is 15.4. The summed E-state index contributed by atoms with van der Waals surface area (Å²) in [5, 5.41) is 11.9. The number of hydrogen-bond donors (Lipinski definition) is 2. The summed E-state index contributed by atoms with van der Waals surface area (Å²) in [7, 11) is 0. The Balaban J connectivity index is 1.51. The van der Waals surface area contributed by atoms with E-state index in [-0.39, 0.29) is 35.7 Å². The zero-order valence-electron chi connectivity index (χ0n) is 26.8. The van der Waals surface area contributed by atoms with Crippen molar-refractivity contribution < 1.29 is 49.8 Å². The van der Waals surface area contributed by atoms with Crippen LogP contribution < -0.4 is 15.1 Å². The number of halogens is 8. The molecule has 270 valence electrons. The van der Waals surface area contributed by atoms with Crippen LogP contribution in [-0.4, -0.2) is 40.0 Å². The number of anilines is 5. The first kappa shape index (κ1) is 36.4. The van der Waals surface area contributed by atoms with Gasteiger partial charge in [-0.2, -0.15) is 13.2 Å². The summed E-state index contributed by atoms with van der Waals surface area (Å²) < 4.78 is 114. The van der Waals surface area contributed by atoms with E-state index < -0.39 is 75.3 Å². The van der Waals surface area contributed by atoms with Gasteiger partial charge in [0.25, 0.3) is 0 Å². The number of carbonyl (C=O) groups excluding carboxylic acids is 2. The highest BCUT2D eigenvalue weighted by Gasteiger charge is 2.34. The molecule has 0 saturated carbocycles. The van der Waals surface area contributed by atoms with E-state index in [0.29, 0.717) is 51.7 Å². The number of carbonyl (C=O) groups is 2. The van der Waals surface area contributed by atoms with Crippen molar-refractivity contribution in [3.8, 4) is 0 Å². The van der Waals surface area contributed by atoms with Crippen molar-refractivity contribution in [2.24, 2.45) is 0 Å². The van der Waals surface area contributed by atoms with Crippen LogP contribution in [0.1, 0.15) is 21.5 Å². The van der Waals surface area contributed by atoms with E-state index >= 15 is 4.39 Å². The Bertz CT molecular complexity index is 2320. The maximum absolute atomic E-state index is 15.5. The third kappa shape index (κ3) is 7.62. The van der Waals surface area contributed by atoms with Crippen LogP contribution in [0.5, 0.6) is 0 Å². The number of aromatic nitrogens is 2. The number of nitrogens with one attached hydrogen (secondary N) is 1. The fourth-order valence-corrected chi connectivity index (χ4v) is 5.31. The Morgan fingerprint density at radius 2 is 1.25 bits per heavy atom. The molecular formula is C37H23F8N5O3. The molecule has 16 heteroatoms. The lowest BCUT2D eigenvalue weighted by Gasteiger charge is -2.32. The number of aliphatic hydroxyl groups excluding tert-OH is 1. The number of urea groups is 1. The number of aliphatic hydroxyl groups is 1. The van der Waals surface area contributed by atoms with Crippen LogP contribution in [-0.2, 0) is 6.18 Å². The van der Waals surface area contributed by atoms with Crippen LogP contribution in [0.2, 0.25) is 0 Å². The van der Waals surface area contributed by atoms with Gasteiger partial charge in [-0.05, 0) is 78.9 Å². The largest absolute Gasteiger partial charge is 0.416 e. The van der Waals surface area contributed by atoms with E-state index in [0.717, 1.165) is 42.5 Å². The van der Waals surface area contributed by atoms with Crippen LogP contribution in [0, 0.1) is 29.1 Å². The van der Waals surface area contributed by atoms with E-state index in [1.807, 2.05) is 0 Å². The number of benzene rings is 5. The molecule has 0 bridgehead atoms. The smallest absolute Gasteiger partial charge is 0.395 e. The molecule has 2 amide bonds. The normalized spacial score (nSPS) is 11.4. The molecule has 2 N–H and O–H groups in total. The first-order valence-corrected chi connectivity index (χ1v) is 15.4. The van der Waals surface area contributed by atoms with Gasteiger partial charge in [0, 0.05) is 24.2 Å². The zero-order chi connectivity index (χ0) is 38.0. The Morgan fingerprint density at radius 1 is 0.660 bits per heavy atom. The van der Waals surface area contributed by atoms with E-state index in [2.05, 4.69) is 15.3 Å². The highest BCUT2D eigenvalue weighted by molar-refractivity contribution is 6.14. The third-order valence-electron chi connectivity index (χ3n) is 7.81. The standard InChI is InChI=1S/C37H23F8N5O3/c38-27-8-5-23(16-26(27)35(52)20-4-11-32-33(14-20)48-34(19-47-32)46-12-13-51)49(22-3-1-2-21(15-22)37(43,44)45)36(53)50(24-6-9-28(39)30(41)17-24)25-7-10-29(40)31(42)18-25/h1-11,14-19,51H,12-13H2,(H,46,48). The van der Waals surface area contributed by atoms with Gasteiger partial charge in [-0.1, -0.05) is 6.07 Å². The van der Waals surface area contributed by atoms with Crippen molar-refractivity contribution in [3.05, 3.63) is 149 Å². The van der Waals surface area contributed by atoms with Gasteiger partial charge in [0.05, 0.1) is 57.7 Å². The molecule has 0 aliphatic rings. The Kier molecular flexibility index (Phi) is 10.1. The van der Waals surface area contributed by atoms with Gasteiger partial charge in [0.15, 0.2) is 29.1 Å². The van der Waals surface area contributed by atoms with E-state index in [1.54, 1.807) is 0 Å². The summed E-state index contributed by atoms with van der Waals surface area (Å²) in [4.78, 5) is 38.1. The van der Waals surface area contributed by atoms with Crippen molar-refractivity contribution in [3.63, 3.8) is 0 Å². The zero-order valence-corrected chi connectivity index (χ0v) is 26.8. The Hall–Kier alpha value is -6.42. The summed E-state index contributed by atoms with van der Waals surface area (Å²) in [6.07, 6.45) is -3.52. The van der Waals surface area contributed by atoms with Crippen LogP contribution in [0.3, 0.4) is 0 Å². The monoisotopic (exact) mass is 737 g/mol. The van der Waals surface area contributed by atoms with E-state index in [4.69, 9.17) is 5.11 Å².